The molecule has 0 atom stereocenters. The van der Waals surface area contributed by atoms with Gasteiger partial charge in [-0.25, -0.2) is 17.6 Å². The summed E-state index contributed by atoms with van der Waals surface area (Å²) in [6, 6.07) is 7.12. The third-order valence-electron chi connectivity index (χ3n) is 2.87. The minimum Gasteiger partial charge on any atom is -0.204 e. The summed E-state index contributed by atoms with van der Waals surface area (Å²) in [4.78, 5) is 0. The van der Waals surface area contributed by atoms with Gasteiger partial charge in [0.25, 0.3) is 0 Å². The molecule has 0 spiro atoms. The van der Waals surface area contributed by atoms with Crippen LogP contribution in [0.2, 0.25) is 0 Å². The zero-order valence-electron chi connectivity index (χ0n) is 8.98. The molecule has 0 nitrogen and oxygen atoms in total. The highest BCUT2D eigenvalue weighted by Gasteiger charge is 2.08. The maximum absolute atomic E-state index is 13.1. The summed E-state index contributed by atoms with van der Waals surface area (Å²) in [6.45, 7) is 0. The highest BCUT2D eigenvalue weighted by atomic mass is 19.2. The lowest BCUT2D eigenvalue weighted by Gasteiger charge is -2.04. The van der Waals surface area contributed by atoms with E-state index < -0.39 is 23.3 Å². The van der Waals surface area contributed by atoms with E-state index in [9.17, 15) is 17.6 Å². The molecule has 0 heterocycles. The fourth-order valence-corrected chi connectivity index (χ4v) is 1.99. The molecular weight excluding hydrogens is 244 g/mol. The molecule has 0 unspecified atom stereocenters. The van der Waals surface area contributed by atoms with Gasteiger partial charge in [0.05, 0.1) is 0 Å². The van der Waals surface area contributed by atoms with Gasteiger partial charge in [-0.1, -0.05) is 0 Å². The van der Waals surface area contributed by atoms with Gasteiger partial charge in [0.1, 0.15) is 0 Å². The molecule has 3 aromatic carbocycles. The Bertz CT molecular complexity index is 649. The van der Waals surface area contributed by atoms with Gasteiger partial charge in [0.2, 0.25) is 0 Å². The monoisotopic (exact) mass is 250 g/mol. The van der Waals surface area contributed by atoms with Crippen molar-refractivity contribution in [2.45, 2.75) is 0 Å². The van der Waals surface area contributed by atoms with Crippen molar-refractivity contribution in [3.8, 4) is 0 Å². The van der Waals surface area contributed by atoms with Crippen LogP contribution in [0, 0.1) is 23.3 Å². The highest BCUT2D eigenvalue weighted by Crippen LogP contribution is 2.26. The average Bonchev–Trinajstić information content (AvgIpc) is 2.31. The first-order valence-electron chi connectivity index (χ1n) is 5.22. The second kappa shape index (κ2) is 3.70. The van der Waals surface area contributed by atoms with Crippen LogP contribution in [0.25, 0.3) is 21.5 Å². The van der Waals surface area contributed by atoms with Crippen LogP contribution in [0.4, 0.5) is 17.6 Å². The van der Waals surface area contributed by atoms with E-state index in [0.717, 1.165) is 24.3 Å². The van der Waals surface area contributed by atoms with Gasteiger partial charge in [-0.2, -0.15) is 0 Å². The van der Waals surface area contributed by atoms with Gasteiger partial charge in [0.15, 0.2) is 23.3 Å². The number of benzene rings is 3. The summed E-state index contributed by atoms with van der Waals surface area (Å²) in [5.41, 5.74) is 0. The van der Waals surface area contributed by atoms with Crippen LogP contribution in [-0.4, -0.2) is 0 Å². The lowest BCUT2D eigenvalue weighted by Crippen LogP contribution is -1.87. The standard InChI is InChI=1S/C14H6F4/c15-11-3-7-1-8-4-12(16)14(18)6-10(8)2-9(7)5-13(11)17/h1-6H. The van der Waals surface area contributed by atoms with Crippen molar-refractivity contribution in [1.82, 2.24) is 0 Å². The quantitative estimate of drug-likeness (QED) is 0.405. The Hall–Kier alpha value is -2.10. The van der Waals surface area contributed by atoms with Gasteiger partial charge in [-0.15, -0.1) is 0 Å². The molecule has 90 valence electrons. The zero-order chi connectivity index (χ0) is 12.9. The van der Waals surface area contributed by atoms with Crippen molar-refractivity contribution < 1.29 is 17.6 Å². The van der Waals surface area contributed by atoms with E-state index in [1.54, 1.807) is 0 Å². The van der Waals surface area contributed by atoms with Crippen molar-refractivity contribution in [2.24, 2.45) is 0 Å². The van der Waals surface area contributed by atoms with Gasteiger partial charge < -0.3 is 0 Å². The van der Waals surface area contributed by atoms with E-state index >= 15 is 0 Å². The Morgan fingerprint density at radius 2 is 0.611 bits per heavy atom. The molecule has 3 aromatic rings. The first-order valence-corrected chi connectivity index (χ1v) is 5.22. The van der Waals surface area contributed by atoms with E-state index in [1.807, 2.05) is 0 Å². The summed E-state index contributed by atoms with van der Waals surface area (Å²) in [5.74, 6) is -3.87. The van der Waals surface area contributed by atoms with Gasteiger partial charge >= 0.3 is 0 Å². The fourth-order valence-electron chi connectivity index (χ4n) is 1.99. The van der Waals surface area contributed by atoms with Gasteiger partial charge in [-0.3, -0.25) is 0 Å². The minimum atomic E-state index is -0.968. The van der Waals surface area contributed by atoms with Crippen LogP contribution in [-0.2, 0) is 0 Å². The normalized spacial score (nSPS) is 11.3. The Labute approximate surface area is 99.5 Å². The number of hydrogen-bond donors (Lipinski definition) is 0. The van der Waals surface area contributed by atoms with Crippen molar-refractivity contribution in [2.75, 3.05) is 0 Å². The summed E-state index contributed by atoms with van der Waals surface area (Å²) in [6.07, 6.45) is 0. The molecule has 0 fully saturated rings. The lowest BCUT2D eigenvalue weighted by molar-refractivity contribution is 0.510. The van der Waals surface area contributed by atoms with Gasteiger partial charge in [0, 0.05) is 0 Å². The Balaban J connectivity index is 2.43. The van der Waals surface area contributed by atoms with Crippen molar-refractivity contribution in [1.29, 1.82) is 0 Å². The third kappa shape index (κ3) is 1.61. The topological polar surface area (TPSA) is 0 Å². The molecule has 3 rings (SSSR count). The molecule has 0 aliphatic carbocycles. The molecule has 0 N–H and O–H groups in total. The number of hydrogen-bond acceptors (Lipinski definition) is 0. The summed E-state index contributed by atoms with van der Waals surface area (Å²) < 4.78 is 52.3. The Morgan fingerprint density at radius 3 is 0.833 bits per heavy atom. The van der Waals surface area contributed by atoms with E-state index in [1.165, 1.54) is 12.1 Å². The maximum Gasteiger partial charge on any atom is 0.159 e. The van der Waals surface area contributed by atoms with E-state index in [0.29, 0.717) is 21.5 Å². The lowest BCUT2D eigenvalue weighted by atomic mass is 10.0. The Kier molecular flexibility index (Phi) is 2.26. The van der Waals surface area contributed by atoms with Crippen molar-refractivity contribution in [3.05, 3.63) is 59.7 Å². The van der Waals surface area contributed by atoms with Crippen molar-refractivity contribution in [3.63, 3.8) is 0 Å². The molecule has 0 bridgehead atoms. The second-order valence-corrected chi connectivity index (χ2v) is 4.08. The highest BCUT2D eigenvalue weighted by molar-refractivity contribution is 5.98. The Morgan fingerprint density at radius 1 is 0.389 bits per heavy atom. The predicted molar refractivity (Wildman–Crippen MR) is 61.3 cm³/mol. The average molecular weight is 250 g/mol. The van der Waals surface area contributed by atoms with Gasteiger partial charge in [-0.05, 0) is 57.9 Å². The summed E-state index contributed by atoms with van der Waals surface area (Å²) >= 11 is 0. The third-order valence-corrected chi connectivity index (χ3v) is 2.87. The van der Waals surface area contributed by atoms with E-state index in [2.05, 4.69) is 0 Å². The molecule has 0 radical (unpaired) electrons. The van der Waals surface area contributed by atoms with Crippen molar-refractivity contribution >= 4 is 21.5 Å². The number of halogens is 4. The van der Waals surface area contributed by atoms with E-state index in [4.69, 9.17) is 0 Å². The molecule has 0 saturated heterocycles. The summed E-state index contributed by atoms with van der Waals surface area (Å²) in [5, 5.41) is 1.75. The summed E-state index contributed by atoms with van der Waals surface area (Å²) in [7, 11) is 0. The predicted octanol–water partition coefficient (Wildman–Crippen LogP) is 4.55. The largest absolute Gasteiger partial charge is 0.204 e. The minimum absolute atomic E-state index is 0.437. The van der Waals surface area contributed by atoms with E-state index in [-0.39, 0.29) is 0 Å². The number of fused-ring (bicyclic) bond motifs is 2. The molecule has 0 saturated carbocycles. The molecule has 18 heavy (non-hydrogen) atoms. The fraction of sp³-hybridized carbons (Fsp3) is 0. The molecule has 0 amide bonds. The molecule has 0 aromatic heterocycles. The first kappa shape index (κ1) is 11.0. The molecule has 4 heteroatoms. The van der Waals surface area contributed by atoms with Crippen LogP contribution >= 0.6 is 0 Å². The second-order valence-electron chi connectivity index (χ2n) is 4.08. The molecular formula is C14H6F4. The van der Waals surface area contributed by atoms with Crippen LogP contribution in [0.5, 0.6) is 0 Å². The smallest absolute Gasteiger partial charge is 0.159 e. The SMILES string of the molecule is Fc1cc2cc3cc(F)c(F)cc3cc2cc1F. The first-order chi connectivity index (χ1) is 8.54. The van der Waals surface area contributed by atoms with Crippen LogP contribution in [0.1, 0.15) is 0 Å². The van der Waals surface area contributed by atoms with Crippen LogP contribution in [0.3, 0.4) is 0 Å². The van der Waals surface area contributed by atoms with Crippen LogP contribution in [0.15, 0.2) is 36.4 Å². The van der Waals surface area contributed by atoms with Crippen LogP contribution < -0.4 is 0 Å². The maximum atomic E-state index is 13.1. The number of rotatable bonds is 0. The zero-order valence-corrected chi connectivity index (χ0v) is 8.98. The molecule has 0 aliphatic rings. The molecule has 0 aliphatic heterocycles.